The van der Waals surface area contributed by atoms with Crippen LogP contribution in [0, 0.1) is 6.92 Å². The lowest BCUT2D eigenvalue weighted by molar-refractivity contribution is 1.04. The van der Waals surface area contributed by atoms with Crippen molar-refractivity contribution in [2.75, 3.05) is 17.2 Å². The van der Waals surface area contributed by atoms with Crippen molar-refractivity contribution in [3.8, 4) is 0 Å². The first-order chi connectivity index (χ1) is 9.69. The normalized spacial score (nSPS) is 10.1. The molecule has 0 saturated heterocycles. The molecule has 104 valence electrons. The van der Waals surface area contributed by atoms with Crippen LogP contribution in [-0.4, -0.2) is 16.5 Å². The van der Waals surface area contributed by atoms with E-state index in [0.717, 1.165) is 22.1 Å². The van der Waals surface area contributed by atoms with Gasteiger partial charge >= 0.3 is 0 Å². The molecule has 1 aromatic carbocycles. The molecule has 4 nitrogen and oxygen atoms in total. The molecular weight excluding hydrogens is 272 g/mol. The van der Waals surface area contributed by atoms with Gasteiger partial charge in [-0.05, 0) is 18.6 Å². The minimum Gasteiger partial charge on any atom is -0.366 e. The molecule has 0 bridgehead atoms. The fraction of sp³-hybridized carbons (Fsp3) is 0.200. The molecule has 0 unspecified atom stereocenters. The molecule has 0 fully saturated rings. The third-order valence-corrected chi connectivity index (χ3v) is 3.05. The van der Waals surface area contributed by atoms with Crippen molar-refractivity contribution in [1.82, 2.24) is 9.97 Å². The summed E-state index contributed by atoms with van der Waals surface area (Å²) in [4.78, 5) is 8.70. The van der Waals surface area contributed by atoms with Crippen molar-refractivity contribution >= 4 is 23.4 Å². The Morgan fingerprint density at radius 3 is 2.80 bits per heavy atom. The molecule has 0 aliphatic rings. The lowest BCUT2D eigenvalue weighted by Crippen LogP contribution is -2.08. The Kier molecular flexibility index (Phi) is 4.96. The number of aryl methyl sites for hydroxylation is 1. The van der Waals surface area contributed by atoms with Crippen molar-refractivity contribution in [2.45, 2.75) is 13.5 Å². The summed E-state index contributed by atoms with van der Waals surface area (Å²) >= 11 is 6.13. The van der Waals surface area contributed by atoms with Gasteiger partial charge in [0.1, 0.15) is 5.82 Å². The zero-order chi connectivity index (χ0) is 14.4. The minimum atomic E-state index is 0.589. The second kappa shape index (κ2) is 6.91. The van der Waals surface area contributed by atoms with Crippen LogP contribution < -0.4 is 10.6 Å². The van der Waals surface area contributed by atoms with E-state index in [2.05, 4.69) is 27.2 Å². The molecule has 0 radical (unpaired) electrons. The maximum absolute atomic E-state index is 6.13. The number of benzene rings is 1. The predicted molar refractivity (Wildman–Crippen MR) is 84.2 cm³/mol. The molecule has 2 rings (SSSR count). The summed E-state index contributed by atoms with van der Waals surface area (Å²) in [6, 6.07) is 9.64. The number of nitrogens with zero attached hydrogens (tertiary/aromatic N) is 2. The van der Waals surface area contributed by atoms with E-state index in [1.54, 1.807) is 6.08 Å². The molecule has 0 aliphatic heterocycles. The van der Waals surface area contributed by atoms with Crippen molar-refractivity contribution in [3.63, 3.8) is 0 Å². The van der Waals surface area contributed by atoms with Gasteiger partial charge in [-0.3, -0.25) is 0 Å². The lowest BCUT2D eigenvalue weighted by Gasteiger charge is -2.10. The molecule has 0 saturated carbocycles. The molecule has 0 amide bonds. The first-order valence-corrected chi connectivity index (χ1v) is 6.74. The van der Waals surface area contributed by atoms with Crippen molar-refractivity contribution in [3.05, 3.63) is 59.3 Å². The SMILES string of the molecule is C=CCNc1nc(C)cc(NCc2ccccc2Cl)n1. The van der Waals surface area contributed by atoms with Gasteiger partial charge in [0.15, 0.2) is 0 Å². The van der Waals surface area contributed by atoms with Gasteiger partial charge in [0.2, 0.25) is 5.95 Å². The van der Waals surface area contributed by atoms with Gasteiger partial charge in [-0.2, -0.15) is 4.98 Å². The van der Waals surface area contributed by atoms with Gasteiger partial charge in [-0.15, -0.1) is 6.58 Å². The van der Waals surface area contributed by atoms with E-state index in [9.17, 15) is 0 Å². The second-order valence-corrected chi connectivity index (χ2v) is 4.74. The van der Waals surface area contributed by atoms with Crippen molar-refractivity contribution in [1.29, 1.82) is 0 Å². The molecule has 20 heavy (non-hydrogen) atoms. The molecule has 5 heteroatoms. The summed E-state index contributed by atoms with van der Waals surface area (Å²) in [5, 5.41) is 7.08. The maximum atomic E-state index is 6.13. The maximum Gasteiger partial charge on any atom is 0.225 e. The van der Waals surface area contributed by atoms with E-state index in [4.69, 9.17) is 11.6 Å². The van der Waals surface area contributed by atoms with Gasteiger partial charge in [-0.1, -0.05) is 35.9 Å². The van der Waals surface area contributed by atoms with Gasteiger partial charge in [0, 0.05) is 29.9 Å². The van der Waals surface area contributed by atoms with Crippen LogP contribution in [0.3, 0.4) is 0 Å². The van der Waals surface area contributed by atoms with Crippen LogP contribution in [0.25, 0.3) is 0 Å². The van der Waals surface area contributed by atoms with E-state index < -0.39 is 0 Å². The third kappa shape index (κ3) is 3.96. The molecule has 0 aliphatic carbocycles. The Labute approximate surface area is 123 Å². The summed E-state index contributed by atoms with van der Waals surface area (Å²) in [6.07, 6.45) is 1.77. The van der Waals surface area contributed by atoms with Crippen LogP contribution in [0.4, 0.5) is 11.8 Å². The summed E-state index contributed by atoms with van der Waals surface area (Å²) in [7, 11) is 0. The average molecular weight is 289 g/mol. The number of anilines is 2. The Morgan fingerprint density at radius 2 is 2.05 bits per heavy atom. The van der Waals surface area contributed by atoms with Gasteiger partial charge < -0.3 is 10.6 Å². The van der Waals surface area contributed by atoms with Crippen LogP contribution in [0.1, 0.15) is 11.3 Å². The molecule has 0 atom stereocenters. The highest BCUT2D eigenvalue weighted by Crippen LogP contribution is 2.17. The van der Waals surface area contributed by atoms with Crippen LogP contribution >= 0.6 is 11.6 Å². The Morgan fingerprint density at radius 1 is 1.25 bits per heavy atom. The van der Waals surface area contributed by atoms with Crippen LogP contribution in [0.15, 0.2) is 43.0 Å². The predicted octanol–water partition coefficient (Wildman–Crippen LogP) is 3.65. The smallest absolute Gasteiger partial charge is 0.225 e. The molecular formula is C15H17ClN4. The number of halogens is 1. The van der Waals surface area contributed by atoms with E-state index >= 15 is 0 Å². The van der Waals surface area contributed by atoms with Crippen LogP contribution in [0.5, 0.6) is 0 Å². The number of hydrogen-bond acceptors (Lipinski definition) is 4. The van der Waals surface area contributed by atoms with E-state index in [1.807, 2.05) is 37.3 Å². The first kappa shape index (κ1) is 14.3. The van der Waals surface area contributed by atoms with Gasteiger partial charge in [0.05, 0.1) is 0 Å². The summed E-state index contributed by atoms with van der Waals surface area (Å²) < 4.78 is 0. The van der Waals surface area contributed by atoms with E-state index in [-0.39, 0.29) is 0 Å². The van der Waals surface area contributed by atoms with Crippen molar-refractivity contribution < 1.29 is 0 Å². The summed E-state index contributed by atoms with van der Waals surface area (Å²) in [5.41, 5.74) is 1.93. The Balaban J connectivity index is 2.07. The average Bonchev–Trinajstić information content (AvgIpc) is 2.44. The Bertz CT molecular complexity index is 598. The standard InChI is InChI=1S/C15H17ClN4/c1-3-8-17-15-19-11(2)9-14(20-15)18-10-12-6-4-5-7-13(12)16/h3-7,9H,1,8,10H2,2H3,(H2,17,18,19,20). The first-order valence-electron chi connectivity index (χ1n) is 6.37. The second-order valence-electron chi connectivity index (χ2n) is 4.33. The number of rotatable bonds is 6. The zero-order valence-electron chi connectivity index (χ0n) is 11.4. The number of aromatic nitrogens is 2. The number of nitrogens with one attached hydrogen (secondary N) is 2. The largest absolute Gasteiger partial charge is 0.366 e. The fourth-order valence-electron chi connectivity index (χ4n) is 1.73. The monoisotopic (exact) mass is 288 g/mol. The quantitative estimate of drug-likeness (QED) is 0.797. The molecule has 2 N–H and O–H groups in total. The van der Waals surface area contributed by atoms with Crippen LogP contribution in [-0.2, 0) is 6.54 Å². The highest BCUT2D eigenvalue weighted by Gasteiger charge is 2.03. The van der Waals surface area contributed by atoms with Crippen molar-refractivity contribution in [2.24, 2.45) is 0 Å². The van der Waals surface area contributed by atoms with Gasteiger partial charge in [0.25, 0.3) is 0 Å². The third-order valence-electron chi connectivity index (χ3n) is 2.68. The molecule has 1 heterocycles. The van der Waals surface area contributed by atoms with Crippen LogP contribution in [0.2, 0.25) is 5.02 Å². The highest BCUT2D eigenvalue weighted by atomic mass is 35.5. The van der Waals surface area contributed by atoms with E-state index in [1.165, 1.54) is 0 Å². The molecule has 0 spiro atoms. The summed E-state index contributed by atoms with van der Waals surface area (Å²) in [5.74, 6) is 1.36. The highest BCUT2D eigenvalue weighted by molar-refractivity contribution is 6.31. The minimum absolute atomic E-state index is 0.589. The number of hydrogen-bond donors (Lipinski definition) is 2. The summed E-state index contributed by atoms with van der Waals surface area (Å²) in [6.45, 7) is 6.84. The fourth-order valence-corrected chi connectivity index (χ4v) is 1.93. The van der Waals surface area contributed by atoms with Gasteiger partial charge in [-0.25, -0.2) is 4.98 Å². The molecule has 1 aromatic heterocycles. The Hall–Kier alpha value is -2.07. The lowest BCUT2D eigenvalue weighted by atomic mass is 10.2. The topological polar surface area (TPSA) is 49.8 Å². The molecule has 2 aromatic rings. The zero-order valence-corrected chi connectivity index (χ0v) is 12.1. The van der Waals surface area contributed by atoms with E-state index in [0.29, 0.717) is 19.0 Å².